The number of nitrogens with zero attached hydrogens (tertiary/aromatic N) is 2. The second-order valence-corrected chi connectivity index (χ2v) is 6.87. The maximum Gasteiger partial charge on any atom is 0.231 e. The highest BCUT2D eigenvalue weighted by Crippen LogP contribution is 2.35. The highest BCUT2D eigenvalue weighted by molar-refractivity contribution is 6.05. The van der Waals surface area contributed by atoms with E-state index in [4.69, 9.17) is 18.9 Å². The molecule has 0 spiro atoms. The number of aryl methyl sites for hydroxylation is 2. The lowest BCUT2D eigenvalue weighted by atomic mass is 10.1. The van der Waals surface area contributed by atoms with E-state index in [1.165, 1.54) is 0 Å². The number of aromatic nitrogens is 2. The molecule has 0 fully saturated rings. The van der Waals surface area contributed by atoms with Crippen molar-refractivity contribution in [1.29, 1.82) is 0 Å². The summed E-state index contributed by atoms with van der Waals surface area (Å²) >= 11 is 0. The minimum atomic E-state index is -0.105. The number of rotatable bonds is 7. The molecule has 2 aromatic carbocycles. The average Bonchev–Trinajstić information content (AvgIpc) is 3.35. The molecule has 0 saturated carbocycles. The predicted molar refractivity (Wildman–Crippen MR) is 111 cm³/mol. The maximum absolute atomic E-state index is 12.4. The van der Waals surface area contributed by atoms with Gasteiger partial charge in [-0.05, 0) is 48.9 Å². The van der Waals surface area contributed by atoms with Crippen LogP contribution in [0.5, 0.6) is 23.0 Å². The molecule has 0 atom stereocenters. The summed E-state index contributed by atoms with van der Waals surface area (Å²) in [6.45, 7) is 2.38. The Balaban J connectivity index is 1.49. The molecule has 1 aromatic heterocycles. The molecule has 1 aliphatic heterocycles. The van der Waals surface area contributed by atoms with Crippen LogP contribution < -0.4 is 18.9 Å². The molecule has 30 heavy (non-hydrogen) atoms. The summed E-state index contributed by atoms with van der Waals surface area (Å²) in [4.78, 5) is 12.4. The maximum atomic E-state index is 12.4. The number of benzene rings is 2. The van der Waals surface area contributed by atoms with Crippen molar-refractivity contribution < 1.29 is 23.7 Å². The van der Waals surface area contributed by atoms with E-state index in [1.807, 2.05) is 37.3 Å². The molecule has 0 unspecified atom stereocenters. The van der Waals surface area contributed by atoms with Crippen LogP contribution in [0.15, 0.2) is 48.5 Å². The van der Waals surface area contributed by atoms with Crippen LogP contribution >= 0.6 is 0 Å². The van der Waals surface area contributed by atoms with Gasteiger partial charge >= 0.3 is 0 Å². The van der Waals surface area contributed by atoms with E-state index in [9.17, 15) is 4.79 Å². The quantitative estimate of drug-likeness (QED) is 0.437. The third-order valence-electron chi connectivity index (χ3n) is 4.72. The van der Waals surface area contributed by atoms with Crippen molar-refractivity contribution in [3.05, 3.63) is 71.1 Å². The van der Waals surface area contributed by atoms with Crippen LogP contribution in [0.4, 0.5) is 0 Å². The SMILES string of the molecule is COc1ccc(/C=C/C(=O)c2cc(C)nn2C)cc1COc1ccc2c(c1)OCO2. The third-order valence-corrected chi connectivity index (χ3v) is 4.72. The summed E-state index contributed by atoms with van der Waals surface area (Å²) in [6, 6.07) is 12.9. The van der Waals surface area contributed by atoms with Gasteiger partial charge in [0, 0.05) is 18.7 Å². The van der Waals surface area contributed by atoms with Gasteiger partial charge in [0.1, 0.15) is 23.8 Å². The van der Waals surface area contributed by atoms with Gasteiger partial charge < -0.3 is 18.9 Å². The lowest BCUT2D eigenvalue weighted by Crippen LogP contribution is -2.04. The van der Waals surface area contributed by atoms with E-state index in [1.54, 1.807) is 43.1 Å². The normalized spacial score (nSPS) is 12.4. The Morgan fingerprint density at radius 2 is 2.00 bits per heavy atom. The minimum Gasteiger partial charge on any atom is -0.496 e. The molecule has 4 rings (SSSR count). The molecule has 0 amide bonds. The van der Waals surface area contributed by atoms with E-state index in [2.05, 4.69) is 5.10 Å². The fourth-order valence-electron chi connectivity index (χ4n) is 3.24. The van der Waals surface area contributed by atoms with Crippen molar-refractivity contribution in [2.24, 2.45) is 7.05 Å². The standard InChI is InChI=1S/C23H22N2O5/c1-15-10-19(25(2)24-15)20(26)7-4-16-5-8-21(27-3)17(11-16)13-28-18-6-9-22-23(12-18)30-14-29-22/h4-12H,13-14H2,1-3H3/b7-4+. The number of hydrogen-bond donors (Lipinski definition) is 0. The van der Waals surface area contributed by atoms with Crippen LogP contribution in [0.3, 0.4) is 0 Å². The summed E-state index contributed by atoms with van der Waals surface area (Å²) < 4.78 is 23.6. The topological polar surface area (TPSA) is 71.8 Å². The molecule has 0 radical (unpaired) electrons. The summed E-state index contributed by atoms with van der Waals surface area (Å²) in [5, 5.41) is 4.21. The molecule has 0 saturated heterocycles. The van der Waals surface area contributed by atoms with Crippen molar-refractivity contribution in [2.45, 2.75) is 13.5 Å². The third kappa shape index (κ3) is 4.15. The zero-order valence-electron chi connectivity index (χ0n) is 17.0. The van der Waals surface area contributed by atoms with Crippen molar-refractivity contribution in [1.82, 2.24) is 9.78 Å². The molecular formula is C23H22N2O5. The zero-order valence-corrected chi connectivity index (χ0v) is 17.0. The summed E-state index contributed by atoms with van der Waals surface area (Å²) in [6.07, 6.45) is 3.31. The number of ether oxygens (including phenoxy) is 4. The molecular weight excluding hydrogens is 384 g/mol. The minimum absolute atomic E-state index is 0.105. The molecule has 7 heteroatoms. The monoisotopic (exact) mass is 406 g/mol. The average molecular weight is 406 g/mol. The smallest absolute Gasteiger partial charge is 0.231 e. The largest absolute Gasteiger partial charge is 0.496 e. The van der Waals surface area contributed by atoms with Gasteiger partial charge in [0.25, 0.3) is 0 Å². The van der Waals surface area contributed by atoms with Gasteiger partial charge in [-0.15, -0.1) is 0 Å². The highest BCUT2D eigenvalue weighted by atomic mass is 16.7. The van der Waals surface area contributed by atoms with Crippen LogP contribution in [0.25, 0.3) is 6.08 Å². The fourth-order valence-corrected chi connectivity index (χ4v) is 3.24. The summed E-state index contributed by atoms with van der Waals surface area (Å²) in [5.74, 6) is 2.65. The number of allylic oxidation sites excluding steroid dienone is 1. The Hall–Kier alpha value is -3.74. The van der Waals surface area contributed by atoms with Gasteiger partial charge in [-0.1, -0.05) is 12.1 Å². The van der Waals surface area contributed by atoms with E-state index in [0.717, 1.165) is 16.8 Å². The number of fused-ring (bicyclic) bond motifs is 1. The van der Waals surface area contributed by atoms with Crippen LogP contribution in [-0.4, -0.2) is 29.5 Å². The first-order valence-electron chi connectivity index (χ1n) is 9.46. The molecule has 0 N–H and O–H groups in total. The fraction of sp³-hybridized carbons (Fsp3) is 0.217. The van der Waals surface area contributed by atoms with Gasteiger partial charge in [0.2, 0.25) is 12.6 Å². The first-order chi connectivity index (χ1) is 14.5. The number of methoxy groups -OCH3 is 1. The van der Waals surface area contributed by atoms with Crippen LogP contribution in [0, 0.1) is 6.92 Å². The van der Waals surface area contributed by atoms with Crippen molar-refractivity contribution >= 4 is 11.9 Å². The van der Waals surface area contributed by atoms with E-state index in [0.29, 0.717) is 35.3 Å². The first kappa shape index (κ1) is 19.6. The van der Waals surface area contributed by atoms with Crippen LogP contribution in [0.1, 0.15) is 27.3 Å². The second-order valence-electron chi connectivity index (χ2n) is 6.87. The van der Waals surface area contributed by atoms with Crippen molar-refractivity contribution in [3.8, 4) is 23.0 Å². The van der Waals surface area contributed by atoms with E-state index in [-0.39, 0.29) is 12.6 Å². The van der Waals surface area contributed by atoms with E-state index < -0.39 is 0 Å². The molecule has 154 valence electrons. The second kappa shape index (κ2) is 8.32. The number of carbonyl (C=O) groups is 1. The van der Waals surface area contributed by atoms with Gasteiger partial charge in [0.15, 0.2) is 11.5 Å². The number of hydrogen-bond acceptors (Lipinski definition) is 6. The van der Waals surface area contributed by atoms with Gasteiger partial charge in [-0.3, -0.25) is 9.48 Å². The summed E-state index contributed by atoms with van der Waals surface area (Å²) in [5.41, 5.74) is 3.08. The number of ketones is 1. The van der Waals surface area contributed by atoms with Gasteiger partial charge in [-0.25, -0.2) is 0 Å². The highest BCUT2D eigenvalue weighted by Gasteiger charge is 2.14. The predicted octanol–water partition coefficient (Wildman–Crippen LogP) is 3.94. The van der Waals surface area contributed by atoms with Crippen molar-refractivity contribution in [2.75, 3.05) is 13.9 Å². The lowest BCUT2D eigenvalue weighted by Gasteiger charge is -2.11. The molecule has 1 aliphatic rings. The lowest BCUT2D eigenvalue weighted by molar-refractivity contribution is 0.103. The van der Waals surface area contributed by atoms with E-state index >= 15 is 0 Å². The van der Waals surface area contributed by atoms with Gasteiger partial charge in [0.05, 0.1) is 12.8 Å². The Morgan fingerprint density at radius 3 is 2.77 bits per heavy atom. The van der Waals surface area contributed by atoms with Crippen LogP contribution in [0.2, 0.25) is 0 Å². The Kier molecular flexibility index (Phi) is 5.43. The first-order valence-corrected chi connectivity index (χ1v) is 9.46. The molecule has 2 heterocycles. The Labute approximate surface area is 174 Å². The van der Waals surface area contributed by atoms with Crippen LogP contribution in [-0.2, 0) is 13.7 Å². The molecule has 0 bridgehead atoms. The molecule has 3 aromatic rings. The molecule has 0 aliphatic carbocycles. The van der Waals surface area contributed by atoms with Crippen molar-refractivity contribution in [3.63, 3.8) is 0 Å². The van der Waals surface area contributed by atoms with Gasteiger partial charge in [-0.2, -0.15) is 5.10 Å². The number of carbonyl (C=O) groups excluding carboxylic acids is 1. The Bertz CT molecular complexity index is 1120. The Morgan fingerprint density at radius 1 is 1.17 bits per heavy atom. The summed E-state index contributed by atoms with van der Waals surface area (Å²) in [7, 11) is 3.37. The zero-order chi connectivity index (χ0) is 21.1. The molecule has 7 nitrogen and oxygen atoms in total.